The molecule has 2 aromatic heterocycles. The number of hydrogen-bond donors (Lipinski definition) is 2. The molecule has 6 heteroatoms. The van der Waals surface area contributed by atoms with Gasteiger partial charge in [0.05, 0.1) is 23.9 Å². The van der Waals surface area contributed by atoms with Crippen LogP contribution < -0.4 is 11.1 Å². The van der Waals surface area contributed by atoms with E-state index in [2.05, 4.69) is 10.4 Å². The second-order valence-corrected chi connectivity index (χ2v) is 3.60. The molecule has 2 heterocycles. The van der Waals surface area contributed by atoms with Crippen LogP contribution in [0.2, 0.25) is 0 Å². The van der Waals surface area contributed by atoms with Gasteiger partial charge in [-0.15, -0.1) is 0 Å². The van der Waals surface area contributed by atoms with Crippen LogP contribution in [0.15, 0.2) is 24.5 Å². The molecule has 1 amide bonds. The fourth-order valence-electron chi connectivity index (χ4n) is 1.53. The van der Waals surface area contributed by atoms with Crippen LogP contribution in [0.1, 0.15) is 10.4 Å². The Balaban J connectivity index is 2.23. The average molecular weight is 234 g/mol. The van der Waals surface area contributed by atoms with Crippen molar-refractivity contribution in [1.82, 2.24) is 14.9 Å². The zero-order valence-corrected chi connectivity index (χ0v) is 9.51. The van der Waals surface area contributed by atoms with Gasteiger partial charge < -0.3 is 15.8 Å². The molecule has 2 rings (SSSR count). The van der Waals surface area contributed by atoms with Gasteiger partial charge in [-0.25, -0.2) is 4.52 Å². The summed E-state index contributed by atoms with van der Waals surface area (Å²) < 4.78 is 6.47. The maximum absolute atomic E-state index is 11.8. The molecule has 0 aliphatic carbocycles. The number of nitrogens with zero attached hydrogens (tertiary/aromatic N) is 2. The maximum Gasteiger partial charge on any atom is 0.255 e. The minimum atomic E-state index is -0.178. The number of amides is 1. The quantitative estimate of drug-likeness (QED) is 0.745. The number of carbonyl (C=O) groups excluding carboxylic acids is 1. The summed E-state index contributed by atoms with van der Waals surface area (Å²) in [6, 6.07) is 3.45. The number of hydrogen-bond acceptors (Lipinski definition) is 4. The van der Waals surface area contributed by atoms with Gasteiger partial charge in [0, 0.05) is 25.5 Å². The van der Waals surface area contributed by atoms with E-state index >= 15 is 0 Å². The molecule has 0 aliphatic heterocycles. The average Bonchev–Trinajstić information content (AvgIpc) is 2.72. The highest BCUT2D eigenvalue weighted by atomic mass is 16.5. The molecule has 0 saturated heterocycles. The first-order valence-corrected chi connectivity index (χ1v) is 5.22. The van der Waals surface area contributed by atoms with Gasteiger partial charge in [0.1, 0.15) is 0 Å². The fraction of sp³-hybridized carbons (Fsp3) is 0.273. The van der Waals surface area contributed by atoms with Crippen LogP contribution in [-0.2, 0) is 4.74 Å². The Hall–Kier alpha value is -2.08. The van der Waals surface area contributed by atoms with Crippen molar-refractivity contribution in [2.24, 2.45) is 0 Å². The number of aromatic nitrogens is 2. The number of ether oxygens (including phenoxy) is 1. The lowest BCUT2D eigenvalue weighted by atomic mass is 10.2. The van der Waals surface area contributed by atoms with Crippen LogP contribution in [0.3, 0.4) is 0 Å². The molecule has 0 radical (unpaired) electrons. The zero-order chi connectivity index (χ0) is 12.3. The molecule has 3 N–H and O–H groups in total. The Kier molecular flexibility index (Phi) is 3.24. The summed E-state index contributed by atoms with van der Waals surface area (Å²) in [6.45, 7) is 0.947. The van der Waals surface area contributed by atoms with E-state index in [1.54, 1.807) is 30.0 Å². The van der Waals surface area contributed by atoms with Crippen molar-refractivity contribution in [3.05, 3.63) is 30.1 Å². The monoisotopic (exact) mass is 234 g/mol. The Morgan fingerprint density at radius 1 is 1.65 bits per heavy atom. The van der Waals surface area contributed by atoms with E-state index in [-0.39, 0.29) is 5.91 Å². The molecule has 6 nitrogen and oxygen atoms in total. The first kappa shape index (κ1) is 11.4. The van der Waals surface area contributed by atoms with E-state index < -0.39 is 0 Å². The van der Waals surface area contributed by atoms with Crippen molar-refractivity contribution >= 4 is 17.1 Å². The summed E-state index contributed by atoms with van der Waals surface area (Å²) >= 11 is 0. The van der Waals surface area contributed by atoms with E-state index in [0.29, 0.717) is 29.9 Å². The first-order chi connectivity index (χ1) is 8.22. The number of pyridine rings is 1. The van der Waals surface area contributed by atoms with Gasteiger partial charge in [-0.2, -0.15) is 5.10 Å². The number of nitrogen functional groups attached to an aromatic ring is 1. The number of anilines is 1. The van der Waals surface area contributed by atoms with Crippen LogP contribution in [0, 0.1) is 0 Å². The van der Waals surface area contributed by atoms with Crippen LogP contribution in [0.4, 0.5) is 5.69 Å². The summed E-state index contributed by atoms with van der Waals surface area (Å²) in [5.74, 6) is -0.178. The molecule has 90 valence electrons. The molecule has 0 aliphatic rings. The topological polar surface area (TPSA) is 81.6 Å². The molecule has 17 heavy (non-hydrogen) atoms. The molecule has 0 fully saturated rings. The molecule has 0 unspecified atom stereocenters. The Labute approximate surface area is 98.4 Å². The minimum Gasteiger partial charge on any atom is -0.399 e. The lowest BCUT2D eigenvalue weighted by molar-refractivity contribution is 0.0938. The maximum atomic E-state index is 11.8. The summed E-state index contributed by atoms with van der Waals surface area (Å²) in [7, 11) is 1.59. The number of nitrogens with one attached hydrogen (secondary N) is 1. The van der Waals surface area contributed by atoms with E-state index in [1.165, 1.54) is 6.20 Å². The van der Waals surface area contributed by atoms with Gasteiger partial charge in [-0.1, -0.05) is 0 Å². The third kappa shape index (κ3) is 2.36. The molecular weight excluding hydrogens is 220 g/mol. The fourth-order valence-corrected chi connectivity index (χ4v) is 1.53. The van der Waals surface area contributed by atoms with E-state index in [9.17, 15) is 4.79 Å². The Morgan fingerprint density at radius 3 is 3.24 bits per heavy atom. The lowest BCUT2D eigenvalue weighted by Crippen LogP contribution is -2.26. The smallest absolute Gasteiger partial charge is 0.255 e. The summed E-state index contributed by atoms with van der Waals surface area (Å²) in [5.41, 5.74) is 7.48. The number of carbonyl (C=O) groups is 1. The highest BCUT2D eigenvalue weighted by Crippen LogP contribution is 2.13. The molecule has 2 aromatic rings. The van der Waals surface area contributed by atoms with E-state index in [0.717, 1.165) is 0 Å². The highest BCUT2D eigenvalue weighted by molar-refractivity contribution is 6.00. The van der Waals surface area contributed by atoms with Crippen molar-refractivity contribution in [2.75, 3.05) is 26.0 Å². The number of methoxy groups -OCH3 is 1. The second kappa shape index (κ2) is 4.84. The minimum absolute atomic E-state index is 0.178. The lowest BCUT2D eigenvalue weighted by Gasteiger charge is -2.03. The van der Waals surface area contributed by atoms with Crippen molar-refractivity contribution in [3.8, 4) is 0 Å². The van der Waals surface area contributed by atoms with E-state index in [4.69, 9.17) is 10.5 Å². The normalized spacial score (nSPS) is 10.6. The largest absolute Gasteiger partial charge is 0.399 e. The number of nitrogens with two attached hydrogens (primary N) is 1. The van der Waals surface area contributed by atoms with Crippen molar-refractivity contribution in [1.29, 1.82) is 0 Å². The van der Waals surface area contributed by atoms with E-state index in [1.807, 2.05) is 0 Å². The van der Waals surface area contributed by atoms with Gasteiger partial charge in [0.2, 0.25) is 0 Å². The van der Waals surface area contributed by atoms with Crippen LogP contribution in [0.5, 0.6) is 0 Å². The second-order valence-electron chi connectivity index (χ2n) is 3.60. The third-order valence-electron chi connectivity index (χ3n) is 2.38. The predicted octanol–water partition coefficient (Wildman–Crippen LogP) is 0.293. The zero-order valence-electron chi connectivity index (χ0n) is 9.51. The molecule has 0 aromatic carbocycles. The molecule has 0 spiro atoms. The van der Waals surface area contributed by atoms with Crippen LogP contribution in [0.25, 0.3) is 5.52 Å². The van der Waals surface area contributed by atoms with Gasteiger partial charge in [-0.05, 0) is 12.1 Å². The first-order valence-electron chi connectivity index (χ1n) is 5.22. The van der Waals surface area contributed by atoms with Crippen molar-refractivity contribution < 1.29 is 9.53 Å². The van der Waals surface area contributed by atoms with Crippen molar-refractivity contribution in [2.45, 2.75) is 0 Å². The molecule has 0 saturated carbocycles. The van der Waals surface area contributed by atoms with Gasteiger partial charge in [0.15, 0.2) is 0 Å². The molecular formula is C11H14N4O2. The third-order valence-corrected chi connectivity index (χ3v) is 2.38. The number of rotatable bonds is 4. The summed E-state index contributed by atoms with van der Waals surface area (Å²) in [5, 5.41) is 6.82. The molecule has 0 atom stereocenters. The highest BCUT2D eigenvalue weighted by Gasteiger charge is 2.11. The van der Waals surface area contributed by atoms with Crippen LogP contribution >= 0.6 is 0 Å². The van der Waals surface area contributed by atoms with Gasteiger partial charge >= 0.3 is 0 Å². The van der Waals surface area contributed by atoms with Gasteiger partial charge in [0.25, 0.3) is 5.91 Å². The predicted molar refractivity (Wildman–Crippen MR) is 63.8 cm³/mol. The SMILES string of the molecule is COCCNC(=O)c1cnn2ccc(N)cc12. The standard InChI is InChI=1S/C11H14N4O2/c1-17-5-3-13-11(16)9-7-14-15-4-2-8(12)6-10(9)15/h2,4,6-7H,3,5,12H2,1H3,(H,13,16). The Bertz CT molecular complexity index is 535. The Morgan fingerprint density at radius 2 is 2.47 bits per heavy atom. The number of fused-ring (bicyclic) bond motifs is 1. The van der Waals surface area contributed by atoms with Crippen LogP contribution in [-0.4, -0.2) is 35.8 Å². The summed E-state index contributed by atoms with van der Waals surface area (Å²) in [4.78, 5) is 11.8. The van der Waals surface area contributed by atoms with Gasteiger partial charge in [-0.3, -0.25) is 4.79 Å². The molecule has 0 bridgehead atoms. The summed E-state index contributed by atoms with van der Waals surface area (Å²) in [6.07, 6.45) is 3.24. The van der Waals surface area contributed by atoms with Crippen molar-refractivity contribution in [3.63, 3.8) is 0 Å².